The standard InChI is InChI=1S/C17H28FN3O3/c1-4-19-17(20-8-5-9-24-11-10-22-2)21-13-14-6-7-16(23-3)15(18)12-14/h6-7,12H,4-5,8-11,13H2,1-3H3,(H2,19,20,21). The van der Waals surface area contributed by atoms with Gasteiger partial charge in [-0.2, -0.15) is 0 Å². The molecule has 0 spiro atoms. The molecule has 0 bridgehead atoms. The SMILES string of the molecule is CCNC(=NCc1ccc(OC)c(F)c1)NCCCOCCOC. The number of hydrogen-bond donors (Lipinski definition) is 2. The van der Waals surface area contributed by atoms with Crippen LogP contribution in [0.5, 0.6) is 5.75 Å². The summed E-state index contributed by atoms with van der Waals surface area (Å²) in [5.74, 6) is 0.559. The molecule has 0 radical (unpaired) electrons. The second-order valence-electron chi connectivity index (χ2n) is 5.05. The lowest BCUT2D eigenvalue weighted by atomic mass is 10.2. The number of benzene rings is 1. The van der Waals surface area contributed by atoms with Crippen LogP contribution in [0.4, 0.5) is 4.39 Å². The predicted molar refractivity (Wildman–Crippen MR) is 93.1 cm³/mol. The van der Waals surface area contributed by atoms with Crippen molar-refractivity contribution >= 4 is 5.96 Å². The van der Waals surface area contributed by atoms with Crippen molar-refractivity contribution in [2.45, 2.75) is 19.9 Å². The molecule has 136 valence electrons. The van der Waals surface area contributed by atoms with Gasteiger partial charge in [-0.25, -0.2) is 9.38 Å². The molecule has 0 aromatic heterocycles. The highest BCUT2D eigenvalue weighted by Crippen LogP contribution is 2.17. The van der Waals surface area contributed by atoms with Crippen LogP contribution in [0.15, 0.2) is 23.2 Å². The first-order valence-electron chi connectivity index (χ1n) is 8.12. The summed E-state index contributed by atoms with van der Waals surface area (Å²) in [6.45, 7) is 5.77. The Kier molecular flexibility index (Phi) is 10.6. The Bertz CT molecular complexity index is 498. The number of aliphatic imine (C=N–C) groups is 1. The van der Waals surface area contributed by atoms with Crippen LogP contribution in [-0.4, -0.2) is 53.1 Å². The Morgan fingerprint density at radius 3 is 2.67 bits per heavy atom. The number of halogens is 1. The molecule has 0 aliphatic carbocycles. The monoisotopic (exact) mass is 341 g/mol. The molecule has 7 heteroatoms. The van der Waals surface area contributed by atoms with Gasteiger partial charge < -0.3 is 24.8 Å². The highest BCUT2D eigenvalue weighted by atomic mass is 19.1. The van der Waals surface area contributed by atoms with Crippen LogP contribution in [0.25, 0.3) is 0 Å². The lowest BCUT2D eigenvalue weighted by Crippen LogP contribution is -2.38. The maximum Gasteiger partial charge on any atom is 0.191 e. The minimum atomic E-state index is -0.378. The molecule has 1 aromatic rings. The van der Waals surface area contributed by atoms with Crippen LogP contribution < -0.4 is 15.4 Å². The van der Waals surface area contributed by atoms with Gasteiger partial charge in [-0.05, 0) is 31.0 Å². The molecular weight excluding hydrogens is 313 g/mol. The highest BCUT2D eigenvalue weighted by Gasteiger charge is 2.03. The molecule has 0 fully saturated rings. The number of methoxy groups -OCH3 is 2. The fourth-order valence-electron chi connectivity index (χ4n) is 1.95. The number of rotatable bonds is 11. The fraction of sp³-hybridized carbons (Fsp3) is 0.588. The van der Waals surface area contributed by atoms with E-state index in [-0.39, 0.29) is 11.6 Å². The van der Waals surface area contributed by atoms with Crippen molar-refractivity contribution < 1.29 is 18.6 Å². The van der Waals surface area contributed by atoms with E-state index in [2.05, 4.69) is 15.6 Å². The van der Waals surface area contributed by atoms with Crippen LogP contribution in [0.2, 0.25) is 0 Å². The van der Waals surface area contributed by atoms with Gasteiger partial charge in [0.05, 0.1) is 26.9 Å². The van der Waals surface area contributed by atoms with Gasteiger partial charge in [0.15, 0.2) is 17.5 Å². The first-order valence-corrected chi connectivity index (χ1v) is 8.12. The summed E-state index contributed by atoms with van der Waals surface area (Å²) in [5.41, 5.74) is 0.786. The summed E-state index contributed by atoms with van der Waals surface area (Å²) < 4.78 is 28.9. The number of guanidine groups is 1. The second kappa shape index (κ2) is 12.5. The van der Waals surface area contributed by atoms with Gasteiger partial charge in [0.2, 0.25) is 0 Å². The second-order valence-corrected chi connectivity index (χ2v) is 5.05. The van der Waals surface area contributed by atoms with E-state index in [0.29, 0.717) is 32.3 Å². The quantitative estimate of drug-likeness (QED) is 0.366. The maximum atomic E-state index is 13.7. The molecule has 1 rings (SSSR count). The first-order chi connectivity index (χ1) is 11.7. The van der Waals surface area contributed by atoms with Gasteiger partial charge in [0, 0.05) is 26.8 Å². The lowest BCUT2D eigenvalue weighted by molar-refractivity contribution is 0.0698. The Labute approximate surface area is 143 Å². The van der Waals surface area contributed by atoms with E-state index < -0.39 is 0 Å². The molecule has 2 N–H and O–H groups in total. The van der Waals surface area contributed by atoms with Gasteiger partial charge in [-0.15, -0.1) is 0 Å². The van der Waals surface area contributed by atoms with E-state index in [0.717, 1.165) is 25.1 Å². The molecule has 0 saturated carbocycles. The third-order valence-corrected chi connectivity index (χ3v) is 3.17. The summed E-state index contributed by atoms with van der Waals surface area (Å²) in [4.78, 5) is 4.45. The third-order valence-electron chi connectivity index (χ3n) is 3.17. The predicted octanol–water partition coefficient (Wildman–Crippen LogP) is 1.94. The summed E-state index contributed by atoms with van der Waals surface area (Å²) >= 11 is 0. The Morgan fingerprint density at radius 2 is 2.00 bits per heavy atom. The highest BCUT2D eigenvalue weighted by molar-refractivity contribution is 5.79. The number of nitrogens with zero attached hydrogens (tertiary/aromatic N) is 1. The van der Waals surface area contributed by atoms with E-state index >= 15 is 0 Å². The van der Waals surface area contributed by atoms with Crippen LogP contribution in [0, 0.1) is 5.82 Å². The zero-order valence-electron chi connectivity index (χ0n) is 14.7. The average molecular weight is 341 g/mol. The van der Waals surface area contributed by atoms with E-state index in [1.54, 1.807) is 19.2 Å². The summed E-state index contributed by atoms with van der Waals surface area (Å²) in [7, 11) is 3.10. The molecular formula is C17H28FN3O3. The van der Waals surface area contributed by atoms with E-state index in [1.165, 1.54) is 13.2 Å². The van der Waals surface area contributed by atoms with Crippen LogP contribution in [0.3, 0.4) is 0 Å². The smallest absolute Gasteiger partial charge is 0.191 e. The zero-order valence-corrected chi connectivity index (χ0v) is 14.7. The Morgan fingerprint density at radius 1 is 1.17 bits per heavy atom. The van der Waals surface area contributed by atoms with Gasteiger partial charge in [-0.1, -0.05) is 6.07 Å². The molecule has 1 aromatic carbocycles. The van der Waals surface area contributed by atoms with E-state index in [9.17, 15) is 4.39 Å². The zero-order chi connectivity index (χ0) is 17.6. The van der Waals surface area contributed by atoms with Crippen LogP contribution >= 0.6 is 0 Å². The molecule has 0 aliphatic rings. The topological polar surface area (TPSA) is 64.1 Å². The van der Waals surface area contributed by atoms with Crippen LogP contribution in [-0.2, 0) is 16.0 Å². The average Bonchev–Trinajstić information content (AvgIpc) is 2.59. The lowest BCUT2D eigenvalue weighted by Gasteiger charge is -2.11. The van der Waals surface area contributed by atoms with E-state index in [4.69, 9.17) is 14.2 Å². The summed E-state index contributed by atoms with van der Waals surface area (Å²) in [6.07, 6.45) is 0.866. The van der Waals surface area contributed by atoms with Gasteiger partial charge in [-0.3, -0.25) is 0 Å². The van der Waals surface area contributed by atoms with Crippen molar-refractivity contribution in [1.29, 1.82) is 0 Å². The molecule has 0 unspecified atom stereocenters. The number of hydrogen-bond acceptors (Lipinski definition) is 4. The molecule has 0 atom stereocenters. The minimum Gasteiger partial charge on any atom is -0.494 e. The summed E-state index contributed by atoms with van der Waals surface area (Å²) in [5, 5.41) is 6.39. The maximum absolute atomic E-state index is 13.7. The van der Waals surface area contributed by atoms with Crippen molar-refractivity contribution in [2.24, 2.45) is 4.99 Å². The Balaban J connectivity index is 2.40. The molecule has 0 heterocycles. The van der Waals surface area contributed by atoms with Gasteiger partial charge in [0.25, 0.3) is 0 Å². The van der Waals surface area contributed by atoms with Crippen molar-refractivity contribution in [1.82, 2.24) is 10.6 Å². The Hall–Kier alpha value is -1.86. The third kappa shape index (κ3) is 8.12. The molecule has 0 aliphatic heterocycles. The number of ether oxygens (including phenoxy) is 3. The largest absolute Gasteiger partial charge is 0.494 e. The molecule has 0 saturated heterocycles. The van der Waals surface area contributed by atoms with Crippen LogP contribution in [0.1, 0.15) is 18.9 Å². The molecule has 0 amide bonds. The number of nitrogens with one attached hydrogen (secondary N) is 2. The summed E-state index contributed by atoms with van der Waals surface area (Å²) in [6, 6.07) is 4.85. The molecule has 6 nitrogen and oxygen atoms in total. The van der Waals surface area contributed by atoms with Crippen molar-refractivity contribution in [3.8, 4) is 5.75 Å². The van der Waals surface area contributed by atoms with Crippen molar-refractivity contribution in [3.05, 3.63) is 29.6 Å². The van der Waals surface area contributed by atoms with Crippen molar-refractivity contribution in [2.75, 3.05) is 47.1 Å². The van der Waals surface area contributed by atoms with E-state index in [1.807, 2.05) is 6.92 Å². The van der Waals surface area contributed by atoms with Gasteiger partial charge in [0.1, 0.15) is 0 Å². The van der Waals surface area contributed by atoms with Gasteiger partial charge >= 0.3 is 0 Å². The minimum absolute atomic E-state index is 0.237. The van der Waals surface area contributed by atoms with Crippen molar-refractivity contribution in [3.63, 3.8) is 0 Å². The first kappa shape index (κ1) is 20.2. The fourth-order valence-corrected chi connectivity index (χ4v) is 1.95. The normalized spacial score (nSPS) is 11.4. The molecule has 24 heavy (non-hydrogen) atoms.